The third-order valence-corrected chi connectivity index (χ3v) is 8.13. The number of amides is 1. The zero-order chi connectivity index (χ0) is 26.1. The number of allylic oxidation sites excluding steroid dienone is 1. The Kier molecular flexibility index (Phi) is 10.6. The second-order valence-corrected chi connectivity index (χ2v) is 11.2. The van der Waals surface area contributed by atoms with Crippen LogP contribution in [0.4, 0.5) is 5.69 Å². The maximum atomic E-state index is 13.0. The molecule has 0 unspecified atom stereocenters. The molecule has 1 fully saturated rings. The molecule has 2 aromatic carbocycles. The number of hydrogen-bond donors (Lipinski definition) is 2. The fraction of sp³-hybridized carbons (Fsp3) is 0.400. The quantitative estimate of drug-likeness (QED) is 0.246. The van der Waals surface area contributed by atoms with E-state index in [-0.39, 0.29) is 5.91 Å². The normalized spacial score (nSPS) is 18.0. The highest BCUT2D eigenvalue weighted by atomic mass is 32.2. The topological polar surface area (TPSA) is 50.4 Å². The molecule has 1 aliphatic carbocycles. The van der Waals surface area contributed by atoms with E-state index in [0.717, 1.165) is 58.9 Å². The van der Waals surface area contributed by atoms with Crippen LogP contribution in [0.1, 0.15) is 46.5 Å². The Balaban J connectivity index is 1.57. The molecule has 2 N–H and O–H groups in total. The Morgan fingerprint density at radius 1 is 1.14 bits per heavy atom. The molecule has 0 atom stereocenters. The molecule has 0 spiro atoms. The van der Waals surface area contributed by atoms with E-state index in [1.165, 1.54) is 0 Å². The third kappa shape index (κ3) is 7.97. The van der Waals surface area contributed by atoms with Crippen molar-refractivity contribution in [3.05, 3.63) is 71.0 Å². The number of methoxy groups -OCH3 is 1. The van der Waals surface area contributed by atoms with Crippen LogP contribution < -0.4 is 15.4 Å². The van der Waals surface area contributed by atoms with Gasteiger partial charge in [-0.2, -0.15) is 0 Å². The lowest BCUT2D eigenvalue weighted by atomic mass is 9.82. The summed E-state index contributed by atoms with van der Waals surface area (Å²) in [4.78, 5) is 15.2. The van der Waals surface area contributed by atoms with Crippen LogP contribution in [0.2, 0.25) is 0 Å². The molecule has 1 amide bonds. The fourth-order valence-electron chi connectivity index (χ4n) is 4.28. The van der Waals surface area contributed by atoms with Crippen LogP contribution >= 0.6 is 24.0 Å². The Morgan fingerprint density at radius 2 is 1.81 bits per heavy atom. The maximum Gasteiger partial charge on any atom is 0.251 e. The summed E-state index contributed by atoms with van der Waals surface area (Å²) in [5.41, 5.74) is 3.36. The lowest BCUT2D eigenvalue weighted by Gasteiger charge is -2.30. The van der Waals surface area contributed by atoms with E-state index in [9.17, 15) is 4.79 Å². The highest BCUT2D eigenvalue weighted by molar-refractivity contribution is 8.05. The summed E-state index contributed by atoms with van der Waals surface area (Å²) >= 11 is 7.19. The molecule has 6 heteroatoms. The first-order valence-corrected chi connectivity index (χ1v) is 13.9. The highest BCUT2D eigenvalue weighted by Gasteiger charge is 2.25. The number of carbonyl (C=O) groups is 1. The van der Waals surface area contributed by atoms with E-state index in [1.54, 1.807) is 18.9 Å². The summed E-state index contributed by atoms with van der Waals surface area (Å²) in [5.74, 6) is 2.08. The van der Waals surface area contributed by atoms with E-state index in [2.05, 4.69) is 31.1 Å². The van der Waals surface area contributed by atoms with Crippen molar-refractivity contribution in [1.29, 1.82) is 0 Å². The summed E-state index contributed by atoms with van der Waals surface area (Å²) < 4.78 is 5.39. The lowest BCUT2D eigenvalue weighted by molar-refractivity contribution is -0.112. The van der Waals surface area contributed by atoms with Crippen molar-refractivity contribution in [2.75, 3.05) is 19.0 Å². The van der Waals surface area contributed by atoms with E-state index in [4.69, 9.17) is 17.0 Å². The molecule has 0 heterocycles. The highest BCUT2D eigenvalue weighted by Crippen LogP contribution is 2.38. The van der Waals surface area contributed by atoms with Crippen molar-refractivity contribution < 1.29 is 9.53 Å². The van der Waals surface area contributed by atoms with Gasteiger partial charge >= 0.3 is 0 Å². The first kappa shape index (κ1) is 28.0. The van der Waals surface area contributed by atoms with Crippen LogP contribution in [0.3, 0.4) is 0 Å². The summed E-state index contributed by atoms with van der Waals surface area (Å²) in [6.07, 6.45) is 4.36. The second kappa shape index (κ2) is 13.7. The van der Waals surface area contributed by atoms with Gasteiger partial charge in [-0.3, -0.25) is 4.79 Å². The number of ether oxygens (including phenoxy) is 1. The van der Waals surface area contributed by atoms with E-state index >= 15 is 0 Å². The van der Waals surface area contributed by atoms with Crippen molar-refractivity contribution >= 4 is 40.6 Å². The van der Waals surface area contributed by atoms with Gasteiger partial charge in [0.2, 0.25) is 0 Å². The number of rotatable bonds is 10. The Hall–Kier alpha value is -2.57. The minimum absolute atomic E-state index is 0.133. The summed E-state index contributed by atoms with van der Waals surface area (Å²) in [6.45, 7) is 11.5. The van der Waals surface area contributed by atoms with E-state index < -0.39 is 0 Å². The van der Waals surface area contributed by atoms with Gasteiger partial charge in [-0.1, -0.05) is 63.0 Å². The third-order valence-electron chi connectivity index (χ3n) is 6.54. The van der Waals surface area contributed by atoms with Crippen LogP contribution in [0.5, 0.6) is 5.75 Å². The van der Waals surface area contributed by atoms with Gasteiger partial charge in [0.25, 0.3) is 5.91 Å². The number of nitrogens with one attached hydrogen (secondary N) is 2. The van der Waals surface area contributed by atoms with Gasteiger partial charge in [0.05, 0.1) is 17.8 Å². The predicted molar refractivity (Wildman–Crippen MR) is 158 cm³/mol. The molecule has 1 aliphatic rings. The first-order chi connectivity index (χ1) is 17.3. The molecule has 4 nitrogen and oxygen atoms in total. The average molecular weight is 523 g/mol. The first-order valence-electron chi connectivity index (χ1n) is 12.6. The van der Waals surface area contributed by atoms with Crippen molar-refractivity contribution in [3.63, 3.8) is 0 Å². The van der Waals surface area contributed by atoms with Crippen LogP contribution in [0.25, 0.3) is 11.1 Å². The number of hydrogen-bond acceptors (Lipinski definition) is 4. The smallest absolute Gasteiger partial charge is 0.251 e. The number of benzene rings is 2. The molecule has 36 heavy (non-hydrogen) atoms. The Morgan fingerprint density at radius 3 is 2.44 bits per heavy atom. The van der Waals surface area contributed by atoms with Gasteiger partial charge in [0.1, 0.15) is 5.75 Å². The summed E-state index contributed by atoms with van der Waals surface area (Å²) in [5, 5.41) is 8.42. The SMILES string of the molecule is C=C(S/C=C(\C)C(=O)Nc1cc(OC)ccc1-c1ccccc1)C1CCC(C(=S)NCC(C)C)CC1. The lowest BCUT2D eigenvalue weighted by Crippen LogP contribution is -2.33. The molecule has 0 saturated heterocycles. The summed E-state index contributed by atoms with van der Waals surface area (Å²) in [7, 11) is 1.62. The van der Waals surface area contributed by atoms with Crippen molar-refractivity contribution in [2.45, 2.75) is 46.5 Å². The predicted octanol–water partition coefficient (Wildman–Crippen LogP) is 7.83. The standard InChI is InChI=1S/C30H38N2O2S2/c1-20(2)18-31-30(35)25-13-11-23(12-14-25)22(4)36-19-21(3)29(33)32-28-17-26(34-5)15-16-27(28)24-9-7-6-8-10-24/h6-10,15-17,19-20,23,25H,4,11-14,18H2,1-3,5H3,(H,31,35)(H,32,33)/b21-19+. The van der Waals surface area contributed by atoms with Gasteiger partial charge in [0.15, 0.2) is 0 Å². The van der Waals surface area contributed by atoms with Crippen LogP contribution in [0, 0.1) is 17.8 Å². The Labute approximate surface area is 226 Å². The van der Waals surface area contributed by atoms with Gasteiger partial charge in [-0.05, 0) is 72.5 Å². The molecular formula is C30H38N2O2S2. The summed E-state index contributed by atoms with van der Waals surface area (Å²) in [6, 6.07) is 15.8. The minimum atomic E-state index is -0.133. The molecule has 0 aliphatic heterocycles. The van der Waals surface area contributed by atoms with Crippen molar-refractivity contribution in [3.8, 4) is 16.9 Å². The zero-order valence-corrected chi connectivity index (χ0v) is 23.4. The maximum absolute atomic E-state index is 13.0. The van der Waals surface area contributed by atoms with E-state index in [0.29, 0.717) is 29.1 Å². The van der Waals surface area contributed by atoms with Gasteiger partial charge in [-0.15, -0.1) is 11.8 Å². The molecule has 1 saturated carbocycles. The molecule has 192 valence electrons. The number of anilines is 1. The largest absolute Gasteiger partial charge is 0.497 e. The van der Waals surface area contributed by atoms with Crippen molar-refractivity contribution in [1.82, 2.24) is 5.32 Å². The Bertz CT molecular complexity index is 1090. The number of thiocarbonyl (C=S) groups is 1. The van der Waals surface area contributed by atoms with Crippen LogP contribution in [-0.2, 0) is 4.79 Å². The average Bonchev–Trinajstić information content (AvgIpc) is 2.90. The minimum Gasteiger partial charge on any atom is -0.497 e. The van der Waals surface area contributed by atoms with Gasteiger partial charge in [-0.25, -0.2) is 0 Å². The molecule has 0 aromatic heterocycles. The van der Waals surface area contributed by atoms with Crippen LogP contribution in [-0.4, -0.2) is 24.6 Å². The molecule has 0 radical (unpaired) electrons. The van der Waals surface area contributed by atoms with Gasteiger partial charge in [0, 0.05) is 29.7 Å². The molecule has 2 aromatic rings. The number of carbonyl (C=O) groups excluding carboxylic acids is 1. The molecular weight excluding hydrogens is 484 g/mol. The monoisotopic (exact) mass is 522 g/mol. The van der Waals surface area contributed by atoms with Gasteiger partial charge < -0.3 is 15.4 Å². The number of thioether (sulfide) groups is 1. The fourth-order valence-corrected chi connectivity index (χ4v) is 5.47. The zero-order valence-electron chi connectivity index (χ0n) is 21.8. The molecule has 3 rings (SSSR count). The van der Waals surface area contributed by atoms with Crippen LogP contribution in [0.15, 0.2) is 71.0 Å². The van der Waals surface area contributed by atoms with E-state index in [1.807, 2.05) is 60.9 Å². The van der Waals surface area contributed by atoms with Crippen molar-refractivity contribution in [2.24, 2.45) is 17.8 Å². The second-order valence-electron chi connectivity index (χ2n) is 9.80. The molecule has 0 bridgehead atoms.